The van der Waals surface area contributed by atoms with Crippen LogP contribution in [0, 0.1) is 5.92 Å². The van der Waals surface area contributed by atoms with Crippen molar-refractivity contribution in [2.45, 2.75) is 56.9 Å². The zero-order valence-corrected chi connectivity index (χ0v) is 24.5. The van der Waals surface area contributed by atoms with Gasteiger partial charge in [0.15, 0.2) is 5.60 Å². The lowest BCUT2D eigenvalue weighted by Crippen LogP contribution is -2.44. The highest BCUT2D eigenvalue weighted by Crippen LogP contribution is 2.53. The van der Waals surface area contributed by atoms with E-state index >= 15 is 0 Å². The molecule has 3 aromatic carbocycles. The number of nitrogens with zero attached hydrogens (tertiary/aromatic N) is 2. The summed E-state index contributed by atoms with van der Waals surface area (Å²) >= 11 is 0. The van der Waals surface area contributed by atoms with E-state index in [9.17, 15) is 19.5 Å². The number of anilines is 2. The molecule has 4 atom stereocenters. The number of methoxy groups -OCH3 is 1. The summed E-state index contributed by atoms with van der Waals surface area (Å²) in [5.74, 6) is 0.188. The summed E-state index contributed by atoms with van der Waals surface area (Å²) in [4.78, 5) is 43.5. The molecule has 3 aromatic rings. The Morgan fingerprint density at radius 2 is 1.81 bits per heavy atom. The minimum absolute atomic E-state index is 0.0273. The molecule has 2 fully saturated rings. The van der Waals surface area contributed by atoms with Gasteiger partial charge in [0, 0.05) is 29.3 Å². The Morgan fingerprint density at radius 3 is 2.53 bits per heavy atom. The van der Waals surface area contributed by atoms with Crippen LogP contribution in [0.4, 0.5) is 11.4 Å². The van der Waals surface area contributed by atoms with Crippen LogP contribution in [0.5, 0.6) is 5.75 Å². The number of carbonyl (C=O) groups excluding carboxylic acids is 3. The third-order valence-corrected chi connectivity index (χ3v) is 9.04. The molecule has 3 aliphatic heterocycles. The smallest absolute Gasteiger partial charge is 0.264 e. The van der Waals surface area contributed by atoms with Crippen LogP contribution in [0.1, 0.15) is 54.1 Å². The van der Waals surface area contributed by atoms with Crippen molar-refractivity contribution in [1.29, 1.82) is 0 Å². The molecule has 224 valence electrons. The van der Waals surface area contributed by atoms with E-state index in [0.717, 1.165) is 29.7 Å². The van der Waals surface area contributed by atoms with E-state index in [-0.39, 0.29) is 48.8 Å². The van der Waals surface area contributed by atoms with E-state index < -0.39 is 5.60 Å². The minimum Gasteiger partial charge on any atom is -0.497 e. The number of carbonyl (C=O) groups is 3. The number of benzene rings is 3. The number of amides is 3. The zero-order valence-electron chi connectivity index (χ0n) is 24.5. The number of nitrogens with one attached hydrogen (secondary N) is 1. The molecule has 2 saturated heterocycles. The monoisotopic (exact) mass is 583 g/mol. The molecule has 6 rings (SSSR count). The summed E-state index contributed by atoms with van der Waals surface area (Å²) in [5, 5.41) is 12.6. The molecule has 3 aliphatic rings. The van der Waals surface area contributed by atoms with Gasteiger partial charge in [-0.25, -0.2) is 0 Å². The van der Waals surface area contributed by atoms with Crippen molar-refractivity contribution in [2.75, 3.05) is 30.5 Å². The predicted molar refractivity (Wildman–Crippen MR) is 162 cm³/mol. The van der Waals surface area contributed by atoms with Gasteiger partial charge in [-0.3, -0.25) is 14.4 Å². The van der Waals surface area contributed by atoms with E-state index in [1.165, 1.54) is 0 Å². The lowest BCUT2D eigenvalue weighted by molar-refractivity contribution is -0.150. The number of hydrogen-bond donors (Lipinski definition) is 2. The van der Waals surface area contributed by atoms with Crippen LogP contribution < -0.4 is 15.0 Å². The molecule has 0 radical (unpaired) electrons. The summed E-state index contributed by atoms with van der Waals surface area (Å²) in [5.41, 5.74) is 2.58. The molecule has 1 spiro atoms. The van der Waals surface area contributed by atoms with Gasteiger partial charge < -0.3 is 29.7 Å². The number of ether oxygens (including phenoxy) is 2. The third-order valence-electron chi connectivity index (χ3n) is 9.04. The summed E-state index contributed by atoms with van der Waals surface area (Å²) in [6.45, 7) is 2.98. The molecule has 0 unspecified atom stereocenters. The highest BCUT2D eigenvalue weighted by Gasteiger charge is 2.60. The van der Waals surface area contributed by atoms with Crippen LogP contribution in [-0.4, -0.2) is 60.1 Å². The summed E-state index contributed by atoms with van der Waals surface area (Å²) < 4.78 is 11.7. The molecule has 0 aromatic heterocycles. The van der Waals surface area contributed by atoms with Gasteiger partial charge in [0.25, 0.3) is 11.8 Å². The van der Waals surface area contributed by atoms with E-state index in [4.69, 9.17) is 9.47 Å². The van der Waals surface area contributed by atoms with E-state index in [0.29, 0.717) is 36.5 Å². The van der Waals surface area contributed by atoms with Crippen molar-refractivity contribution in [2.24, 2.45) is 5.92 Å². The summed E-state index contributed by atoms with van der Waals surface area (Å²) in [6.07, 6.45) is 2.11. The summed E-state index contributed by atoms with van der Waals surface area (Å²) in [7, 11) is 1.58. The zero-order chi connectivity index (χ0) is 30.1. The van der Waals surface area contributed by atoms with Gasteiger partial charge in [0.05, 0.1) is 44.5 Å². The molecule has 0 saturated carbocycles. The normalized spacial score (nSPS) is 24.4. The Balaban J connectivity index is 1.16. The lowest BCUT2D eigenvalue weighted by atomic mass is 9.83. The van der Waals surface area contributed by atoms with Crippen LogP contribution >= 0.6 is 0 Å². The molecular weight excluding hydrogens is 546 g/mol. The second kappa shape index (κ2) is 11.8. The number of rotatable bonds is 8. The SMILES string of the molecule is COc1ccc(C(=O)Nc2ccc(CN3C(=O)[C@@]4(O[C@@H](CC(=O)N5CCC[C@H]5CO)C[C@H]4C)c4ccccc43)cc2)cc1. The molecule has 3 amide bonds. The van der Waals surface area contributed by atoms with E-state index in [1.54, 1.807) is 41.2 Å². The van der Waals surface area contributed by atoms with Crippen molar-refractivity contribution in [3.8, 4) is 5.75 Å². The number of para-hydroxylation sites is 1. The van der Waals surface area contributed by atoms with Gasteiger partial charge >= 0.3 is 0 Å². The number of aliphatic hydroxyl groups is 1. The first-order valence-corrected chi connectivity index (χ1v) is 14.9. The van der Waals surface area contributed by atoms with Crippen molar-refractivity contribution >= 4 is 29.1 Å². The standard InChI is InChI=1S/C34H37N3O6/c1-22-18-28(19-31(39)36-17-5-6-26(36)21-38)43-34(22)29-7-3-4-8-30(29)37(33(34)41)20-23-9-13-25(14-10-23)35-32(40)24-11-15-27(42-2)16-12-24/h3-4,7-16,22,26,28,38H,5-6,17-21H2,1-2H3,(H,35,40)/t22-,26+,28-,34+/m1/s1. The first kappa shape index (κ1) is 28.9. The predicted octanol–water partition coefficient (Wildman–Crippen LogP) is 4.49. The Hall–Kier alpha value is -4.21. The van der Waals surface area contributed by atoms with Crippen molar-refractivity contribution in [1.82, 2.24) is 4.90 Å². The van der Waals surface area contributed by atoms with Crippen LogP contribution in [0.2, 0.25) is 0 Å². The first-order chi connectivity index (χ1) is 20.8. The topological polar surface area (TPSA) is 108 Å². The Kier molecular flexibility index (Phi) is 7.94. The second-order valence-corrected chi connectivity index (χ2v) is 11.7. The van der Waals surface area contributed by atoms with Gasteiger partial charge in [-0.2, -0.15) is 0 Å². The van der Waals surface area contributed by atoms with Crippen LogP contribution in [0.15, 0.2) is 72.8 Å². The number of likely N-dealkylation sites (tertiary alicyclic amines) is 1. The number of aliphatic hydroxyl groups excluding tert-OH is 1. The van der Waals surface area contributed by atoms with Crippen molar-refractivity contribution in [3.05, 3.63) is 89.5 Å². The maximum absolute atomic E-state index is 14.2. The maximum Gasteiger partial charge on any atom is 0.264 e. The molecular formula is C34H37N3O6. The van der Waals surface area contributed by atoms with Gasteiger partial charge in [-0.15, -0.1) is 0 Å². The Labute approximate surface area is 251 Å². The Bertz CT molecular complexity index is 1510. The van der Waals surface area contributed by atoms with Gasteiger partial charge in [0.1, 0.15) is 5.75 Å². The molecule has 0 bridgehead atoms. The average molecular weight is 584 g/mol. The van der Waals surface area contributed by atoms with Gasteiger partial charge in [-0.1, -0.05) is 37.3 Å². The van der Waals surface area contributed by atoms with Crippen LogP contribution in [0.3, 0.4) is 0 Å². The average Bonchev–Trinajstić information content (AvgIpc) is 3.70. The largest absolute Gasteiger partial charge is 0.497 e. The fraction of sp³-hybridized carbons (Fsp3) is 0.382. The molecule has 43 heavy (non-hydrogen) atoms. The molecule has 2 N–H and O–H groups in total. The van der Waals surface area contributed by atoms with Crippen LogP contribution in [0.25, 0.3) is 0 Å². The lowest BCUT2D eigenvalue weighted by Gasteiger charge is -2.29. The van der Waals surface area contributed by atoms with Crippen molar-refractivity contribution < 1.29 is 29.0 Å². The number of fused-ring (bicyclic) bond motifs is 2. The fourth-order valence-electron chi connectivity index (χ4n) is 6.80. The quantitative estimate of drug-likeness (QED) is 0.405. The Morgan fingerprint density at radius 1 is 1.07 bits per heavy atom. The molecule has 9 heteroatoms. The van der Waals surface area contributed by atoms with Gasteiger partial charge in [-0.05, 0) is 67.3 Å². The van der Waals surface area contributed by atoms with Crippen LogP contribution in [-0.2, 0) is 26.5 Å². The molecule has 9 nitrogen and oxygen atoms in total. The highest BCUT2D eigenvalue weighted by molar-refractivity contribution is 6.07. The molecule has 0 aliphatic carbocycles. The number of hydrogen-bond acceptors (Lipinski definition) is 6. The van der Waals surface area contributed by atoms with Crippen molar-refractivity contribution in [3.63, 3.8) is 0 Å². The first-order valence-electron chi connectivity index (χ1n) is 14.9. The van der Waals surface area contributed by atoms with E-state index in [1.807, 2.05) is 55.5 Å². The maximum atomic E-state index is 14.2. The van der Waals surface area contributed by atoms with E-state index in [2.05, 4.69) is 5.32 Å². The van der Waals surface area contributed by atoms with Gasteiger partial charge in [0.2, 0.25) is 5.91 Å². The summed E-state index contributed by atoms with van der Waals surface area (Å²) in [6, 6.07) is 21.9. The minimum atomic E-state index is -1.14. The molecule has 3 heterocycles. The second-order valence-electron chi connectivity index (χ2n) is 11.7. The fourth-order valence-corrected chi connectivity index (χ4v) is 6.80. The third kappa shape index (κ3) is 5.28. The highest BCUT2D eigenvalue weighted by atomic mass is 16.5.